The van der Waals surface area contributed by atoms with Crippen molar-refractivity contribution in [2.45, 2.75) is 30.5 Å². The van der Waals surface area contributed by atoms with Crippen LogP contribution in [0.2, 0.25) is 0 Å². The molecule has 0 saturated carbocycles. The SMILES string of the molecule is COC(=O)/C=C/CCCCC(Br)C#Cc1ccccc1. The van der Waals surface area contributed by atoms with Gasteiger partial charge in [-0.25, -0.2) is 4.79 Å². The number of carbonyl (C=O) groups excluding carboxylic acids is 1. The molecule has 3 heteroatoms. The van der Waals surface area contributed by atoms with E-state index in [1.807, 2.05) is 36.4 Å². The Labute approximate surface area is 129 Å². The second-order valence-electron chi connectivity index (χ2n) is 4.31. The van der Waals surface area contributed by atoms with Crippen LogP contribution in [0.4, 0.5) is 0 Å². The Balaban J connectivity index is 2.18. The molecule has 0 saturated heterocycles. The van der Waals surface area contributed by atoms with Gasteiger partial charge in [-0.1, -0.05) is 58.5 Å². The van der Waals surface area contributed by atoms with Gasteiger partial charge in [0.15, 0.2) is 0 Å². The van der Waals surface area contributed by atoms with Crippen molar-refractivity contribution in [1.82, 2.24) is 0 Å². The highest BCUT2D eigenvalue weighted by atomic mass is 79.9. The number of hydrogen-bond donors (Lipinski definition) is 0. The number of ether oxygens (including phenoxy) is 1. The summed E-state index contributed by atoms with van der Waals surface area (Å²) in [6.45, 7) is 0. The molecule has 0 aliphatic rings. The first kappa shape index (κ1) is 16.5. The Morgan fingerprint density at radius 2 is 2.10 bits per heavy atom. The number of allylic oxidation sites excluding steroid dienone is 1. The molecule has 1 atom stereocenters. The van der Waals surface area contributed by atoms with Crippen molar-refractivity contribution in [3.8, 4) is 11.8 Å². The maximum absolute atomic E-state index is 10.8. The van der Waals surface area contributed by atoms with Crippen molar-refractivity contribution in [2.75, 3.05) is 7.11 Å². The normalized spacial score (nSPS) is 11.7. The van der Waals surface area contributed by atoms with Crippen molar-refractivity contribution in [3.63, 3.8) is 0 Å². The van der Waals surface area contributed by atoms with E-state index in [2.05, 4.69) is 32.5 Å². The molecule has 0 aromatic heterocycles. The molecule has 0 aliphatic carbocycles. The predicted octanol–water partition coefficient (Wildman–Crippen LogP) is 4.09. The summed E-state index contributed by atoms with van der Waals surface area (Å²) < 4.78 is 4.52. The molecular formula is C17H19BrO2. The highest BCUT2D eigenvalue weighted by molar-refractivity contribution is 9.09. The average molecular weight is 335 g/mol. The van der Waals surface area contributed by atoms with Crippen molar-refractivity contribution < 1.29 is 9.53 Å². The number of methoxy groups -OCH3 is 1. The minimum atomic E-state index is -0.294. The molecule has 20 heavy (non-hydrogen) atoms. The van der Waals surface area contributed by atoms with Gasteiger partial charge in [0.1, 0.15) is 0 Å². The Hall–Kier alpha value is -1.53. The van der Waals surface area contributed by atoms with E-state index >= 15 is 0 Å². The van der Waals surface area contributed by atoms with Crippen molar-refractivity contribution >= 4 is 21.9 Å². The lowest BCUT2D eigenvalue weighted by atomic mass is 10.1. The number of hydrogen-bond acceptors (Lipinski definition) is 2. The second kappa shape index (κ2) is 10.3. The highest BCUT2D eigenvalue weighted by Crippen LogP contribution is 2.11. The zero-order valence-electron chi connectivity index (χ0n) is 11.6. The summed E-state index contributed by atoms with van der Waals surface area (Å²) >= 11 is 3.57. The van der Waals surface area contributed by atoms with Gasteiger partial charge in [-0.05, 0) is 31.4 Å². The number of esters is 1. The van der Waals surface area contributed by atoms with E-state index < -0.39 is 0 Å². The molecule has 1 aromatic carbocycles. The lowest BCUT2D eigenvalue weighted by Gasteiger charge is -2.00. The Morgan fingerprint density at radius 3 is 2.80 bits per heavy atom. The Morgan fingerprint density at radius 1 is 1.35 bits per heavy atom. The summed E-state index contributed by atoms with van der Waals surface area (Å²) in [5, 5.41) is 0. The molecule has 0 aliphatic heterocycles. The fourth-order valence-electron chi connectivity index (χ4n) is 1.59. The topological polar surface area (TPSA) is 26.3 Å². The predicted molar refractivity (Wildman–Crippen MR) is 85.7 cm³/mol. The molecule has 1 unspecified atom stereocenters. The smallest absolute Gasteiger partial charge is 0.330 e. The van der Waals surface area contributed by atoms with Crippen LogP contribution in [0.25, 0.3) is 0 Å². The number of rotatable bonds is 6. The van der Waals surface area contributed by atoms with E-state index in [-0.39, 0.29) is 10.8 Å². The van der Waals surface area contributed by atoms with Crippen LogP contribution in [-0.4, -0.2) is 17.9 Å². The molecule has 2 nitrogen and oxygen atoms in total. The molecule has 0 bridgehead atoms. The highest BCUT2D eigenvalue weighted by Gasteiger charge is 1.98. The molecule has 0 amide bonds. The zero-order valence-corrected chi connectivity index (χ0v) is 13.2. The van der Waals surface area contributed by atoms with E-state index in [0.29, 0.717) is 0 Å². The fourth-order valence-corrected chi connectivity index (χ4v) is 2.03. The number of benzene rings is 1. The van der Waals surface area contributed by atoms with Gasteiger partial charge in [0.25, 0.3) is 0 Å². The average Bonchev–Trinajstić information content (AvgIpc) is 2.49. The van der Waals surface area contributed by atoms with E-state index in [1.165, 1.54) is 13.2 Å². The third-order valence-corrected chi connectivity index (χ3v) is 3.37. The summed E-state index contributed by atoms with van der Waals surface area (Å²) in [4.78, 5) is 11.1. The van der Waals surface area contributed by atoms with Gasteiger partial charge in [-0.3, -0.25) is 0 Å². The number of unbranched alkanes of at least 4 members (excludes halogenated alkanes) is 2. The molecule has 106 valence electrons. The van der Waals surface area contributed by atoms with Gasteiger partial charge in [0, 0.05) is 11.6 Å². The fraction of sp³-hybridized carbons (Fsp3) is 0.353. The summed E-state index contributed by atoms with van der Waals surface area (Å²) in [6, 6.07) is 9.97. The van der Waals surface area contributed by atoms with Crippen molar-refractivity contribution in [2.24, 2.45) is 0 Å². The number of halogens is 1. The lowest BCUT2D eigenvalue weighted by Crippen LogP contribution is -1.94. The number of carbonyl (C=O) groups is 1. The van der Waals surface area contributed by atoms with Gasteiger partial charge < -0.3 is 4.74 Å². The van der Waals surface area contributed by atoms with Gasteiger partial charge >= 0.3 is 5.97 Å². The van der Waals surface area contributed by atoms with Crippen LogP contribution in [0, 0.1) is 11.8 Å². The summed E-state index contributed by atoms with van der Waals surface area (Å²) in [5.41, 5.74) is 1.04. The first-order valence-corrected chi connectivity index (χ1v) is 7.59. The monoisotopic (exact) mass is 334 g/mol. The van der Waals surface area contributed by atoms with E-state index in [9.17, 15) is 4.79 Å². The van der Waals surface area contributed by atoms with Crippen LogP contribution < -0.4 is 0 Å². The standard InChI is InChI=1S/C17H19BrO2/c1-20-17(19)12-8-3-2-7-11-16(18)14-13-15-9-5-4-6-10-15/h4-6,8-10,12,16H,2-3,7,11H2,1H3/b12-8+. The molecule has 0 spiro atoms. The Bertz CT molecular complexity index is 483. The summed E-state index contributed by atoms with van der Waals surface area (Å²) in [6.07, 6.45) is 7.34. The molecular weight excluding hydrogens is 316 g/mol. The summed E-state index contributed by atoms with van der Waals surface area (Å²) in [7, 11) is 1.38. The second-order valence-corrected chi connectivity index (χ2v) is 5.42. The minimum Gasteiger partial charge on any atom is -0.466 e. The summed E-state index contributed by atoms with van der Waals surface area (Å²) in [5.74, 6) is 6.04. The number of alkyl halides is 1. The van der Waals surface area contributed by atoms with Gasteiger partial charge in [0.05, 0.1) is 11.9 Å². The van der Waals surface area contributed by atoms with Crippen molar-refractivity contribution in [3.05, 3.63) is 48.0 Å². The molecule has 0 N–H and O–H groups in total. The maximum Gasteiger partial charge on any atom is 0.330 e. The van der Waals surface area contributed by atoms with E-state index in [1.54, 1.807) is 0 Å². The molecule has 1 aromatic rings. The van der Waals surface area contributed by atoms with E-state index in [0.717, 1.165) is 31.2 Å². The molecule has 1 rings (SSSR count). The van der Waals surface area contributed by atoms with Crippen LogP contribution in [0.3, 0.4) is 0 Å². The molecule has 0 radical (unpaired) electrons. The quantitative estimate of drug-likeness (QED) is 0.257. The zero-order chi connectivity index (χ0) is 14.6. The minimum absolute atomic E-state index is 0.215. The lowest BCUT2D eigenvalue weighted by molar-refractivity contribution is -0.134. The Kier molecular flexibility index (Phi) is 8.49. The van der Waals surface area contributed by atoms with Crippen molar-refractivity contribution in [1.29, 1.82) is 0 Å². The third kappa shape index (κ3) is 7.81. The first-order valence-electron chi connectivity index (χ1n) is 6.67. The van der Waals surface area contributed by atoms with Gasteiger partial charge in [-0.15, -0.1) is 0 Å². The van der Waals surface area contributed by atoms with Gasteiger partial charge in [-0.2, -0.15) is 0 Å². The maximum atomic E-state index is 10.8. The van der Waals surface area contributed by atoms with Crippen LogP contribution in [0.1, 0.15) is 31.2 Å². The molecule has 0 heterocycles. The first-order chi connectivity index (χ1) is 9.72. The van der Waals surface area contributed by atoms with Crippen LogP contribution in [0.5, 0.6) is 0 Å². The molecule has 0 fully saturated rings. The van der Waals surface area contributed by atoms with Crippen LogP contribution in [-0.2, 0) is 9.53 Å². The van der Waals surface area contributed by atoms with E-state index in [4.69, 9.17) is 0 Å². The largest absolute Gasteiger partial charge is 0.466 e. The van der Waals surface area contributed by atoms with Crippen LogP contribution in [0.15, 0.2) is 42.5 Å². The van der Waals surface area contributed by atoms with Crippen LogP contribution >= 0.6 is 15.9 Å². The van der Waals surface area contributed by atoms with Gasteiger partial charge in [0.2, 0.25) is 0 Å². The third-order valence-electron chi connectivity index (χ3n) is 2.68.